The predicted octanol–water partition coefficient (Wildman–Crippen LogP) is 3.13. The van der Waals surface area contributed by atoms with Crippen molar-refractivity contribution >= 4 is 10.9 Å². The smallest absolute Gasteiger partial charge is 0.0735 e. The molecule has 2 aromatic rings. The van der Waals surface area contributed by atoms with Gasteiger partial charge in [-0.3, -0.25) is 9.88 Å². The summed E-state index contributed by atoms with van der Waals surface area (Å²) in [5, 5.41) is 1.21. The van der Waals surface area contributed by atoms with Crippen LogP contribution in [0.4, 0.5) is 0 Å². The van der Waals surface area contributed by atoms with Gasteiger partial charge in [-0.2, -0.15) is 0 Å². The Hall–Kier alpha value is -1.45. The highest BCUT2D eigenvalue weighted by atomic mass is 15.2. The van der Waals surface area contributed by atoms with Crippen molar-refractivity contribution in [1.29, 1.82) is 0 Å². The summed E-state index contributed by atoms with van der Waals surface area (Å²) >= 11 is 0. The second-order valence-electron chi connectivity index (χ2n) is 6.58. The molecule has 0 saturated heterocycles. The normalized spacial score (nSPS) is 18.6. The van der Waals surface area contributed by atoms with E-state index < -0.39 is 0 Å². The number of pyridine rings is 1. The van der Waals surface area contributed by atoms with Gasteiger partial charge in [0.15, 0.2) is 0 Å². The molecule has 2 fully saturated rings. The zero-order valence-corrected chi connectivity index (χ0v) is 12.7. The third-order valence-corrected chi connectivity index (χ3v) is 4.80. The monoisotopic (exact) mass is 281 g/mol. The van der Waals surface area contributed by atoms with Gasteiger partial charge in [-0.25, -0.2) is 0 Å². The van der Waals surface area contributed by atoms with Crippen LogP contribution < -0.4 is 5.73 Å². The van der Waals surface area contributed by atoms with Gasteiger partial charge in [-0.1, -0.05) is 18.2 Å². The molecule has 2 aliphatic carbocycles. The van der Waals surface area contributed by atoms with Crippen molar-refractivity contribution in [3.63, 3.8) is 0 Å². The third-order valence-electron chi connectivity index (χ3n) is 4.80. The zero-order chi connectivity index (χ0) is 14.4. The first-order valence-electron chi connectivity index (χ1n) is 8.10. The standard InChI is InChI=1S/C18H23N3/c1-12-3-2-4-13-9-14(10-19)17(20-18(12)13)11-21(15-5-6-15)16-7-8-16/h2-4,9,15-16H,5-8,10-11,19H2,1H3. The lowest BCUT2D eigenvalue weighted by Gasteiger charge is -2.22. The highest BCUT2D eigenvalue weighted by molar-refractivity contribution is 5.82. The van der Waals surface area contributed by atoms with Crippen LogP contribution in [0, 0.1) is 6.92 Å². The lowest BCUT2D eigenvalue weighted by Crippen LogP contribution is -2.29. The van der Waals surface area contributed by atoms with E-state index in [4.69, 9.17) is 10.7 Å². The molecule has 1 aromatic heterocycles. The number of aryl methyl sites for hydroxylation is 1. The fraction of sp³-hybridized carbons (Fsp3) is 0.500. The minimum absolute atomic E-state index is 0.579. The number of para-hydroxylation sites is 1. The second-order valence-corrected chi connectivity index (χ2v) is 6.58. The summed E-state index contributed by atoms with van der Waals surface area (Å²) < 4.78 is 0. The van der Waals surface area contributed by atoms with Gasteiger partial charge < -0.3 is 5.73 Å². The van der Waals surface area contributed by atoms with E-state index in [0.29, 0.717) is 6.54 Å². The van der Waals surface area contributed by atoms with Gasteiger partial charge >= 0.3 is 0 Å². The third kappa shape index (κ3) is 2.56. The molecule has 2 saturated carbocycles. The summed E-state index contributed by atoms with van der Waals surface area (Å²) in [6.45, 7) is 3.70. The Morgan fingerprint density at radius 2 is 1.90 bits per heavy atom. The van der Waals surface area contributed by atoms with Gasteiger partial charge in [0.1, 0.15) is 0 Å². The highest BCUT2D eigenvalue weighted by Gasteiger charge is 2.39. The van der Waals surface area contributed by atoms with Crippen LogP contribution in [0.25, 0.3) is 10.9 Å². The Morgan fingerprint density at radius 1 is 1.19 bits per heavy atom. The van der Waals surface area contributed by atoms with Crippen molar-refractivity contribution < 1.29 is 0 Å². The molecule has 0 bridgehead atoms. The molecule has 0 radical (unpaired) electrons. The Kier molecular flexibility index (Phi) is 3.20. The topological polar surface area (TPSA) is 42.1 Å². The largest absolute Gasteiger partial charge is 0.326 e. The molecular formula is C18H23N3. The molecule has 0 unspecified atom stereocenters. The molecule has 3 heteroatoms. The average molecular weight is 281 g/mol. The molecule has 110 valence electrons. The van der Waals surface area contributed by atoms with Crippen LogP contribution in [-0.4, -0.2) is 22.0 Å². The maximum absolute atomic E-state index is 5.98. The second kappa shape index (κ2) is 5.08. The Labute approximate surface area is 126 Å². The molecule has 2 N–H and O–H groups in total. The first-order chi connectivity index (χ1) is 10.3. The molecule has 21 heavy (non-hydrogen) atoms. The van der Waals surface area contributed by atoms with Crippen LogP contribution in [0.15, 0.2) is 24.3 Å². The average Bonchev–Trinajstić information content (AvgIpc) is 3.38. The molecule has 0 spiro atoms. The van der Waals surface area contributed by atoms with Crippen molar-refractivity contribution in [1.82, 2.24) is 9.88 Å². The zero-order valence-electron chi connectivity index (χ0n) is 12.7. The number of hydrogen-bond donors (Lipinski definition) is 1. The Balaban J connectivity index is 1.73. The summed E-state index contributed by atoms with van der Waals surface area (Å²) in [5.74, 6) is 0. The van der Waals surface area contributed by atoms with Crippen LogP contribution in [0.3, 0.4) is 0 Å². The van der Waals surface area contributed by atoms with E-state index in [1.165, 1.54) is 47.9 Å². The minimum atomic E-state index is 0.579. The molecule has 0 amide bonds. The molecular weight excluding hydrogens is 258 g/mol. The molecule has 1 aromatic carbocycles. The van der Waals surface area contributed by atoms with Crippen LogP contribution >= 0.6 is 0 Å². The minimum Gasteiger partial charge on any atom is -0.326 e. The van der Waals surface area contributed by atoms with Gasteiger partial charge in [-0.05, 0) is 49.8 Å². The van der Waals surface area contributed by atoms with Crippen molar-refractivity contribution in [2.75, 3.05) is 0 Å². The molecule has 0 atom stereocenters. The lowest BCUT2D eigenvalue weighted by molar-refractivity contribution is 0.240. The number of nitrogens with zero attached hydrogens (tertiary/aromatic N) is 2. The van der Waals surface area contributed by atoms with E-state index in [2.05, 4.69) is 36.1 Å². The van der Waals surface area contributed by atoms with Crippen LogP contribution in [-0.2, 0) is 13.1 Å². The summed E-state index contributed by atoms with van der Waals surface area (Å²) in [7, 11) is 0. The Bertz CT molecular complexity index is 659. The van der Waals surface area contributed by atoms with Gasteiger partial charge in [0, 0.05) is 30.6 Å². The van der Waals surface area contributed by atoms with Crippen molar-refractivity contribution in [3.8, 4) is 0 Å². The maximum atomic E-state index is 5.98. The number of rotatable bonds is 5. The first kappa shape index (κ1) is 13.2. The van der Waals surface area contributed by atoms with E-state index in [9.17, 15) is 0 Å². The van der Waals surface area contributed by atoms with Crippen LogP contribution in [0.2, 0.25) is 0 Å². The van der Waals surface area contributed by atoms with E-state index >= 15 is 0 Å². The molecule has 3 nitrogen and oxygen atoms in total. The van der Waals surface area contributed by atoms with Crippen LogP contribution in [0.5, 0.6) is 0 Å². The molecule has 0 aliphatic heterocycles. The number of hydrogen-bond acceptors (Lipinski definition) is 3. The van der Waals surface area contributed by atoms with E-state index in [0.717, 1.165) is 24.1 Å². The Morgan fingerprint density at radius 3 is 2.52 bits per heavy atom. The fourth-order valence-corrected chi connectivity index (χ4v) is 3.28. The number of nitrogens with two attached hydrogens (primary N) is 1. The number of benzene rings is 1. The van der Waals surface area contributed by atoms with Gasteiger partial charge in [0.2, 0.25) is 0 Å². The maximum Gasteiger partial charge on any atom is 0.0735 e. The van der Waals surface area contributed by atoms with Gasteiger partial charge in [-0.15, -0.1) is 0 Å². The number of fused-ring (bicyclic) bond motifs is 1. The summed E-state index contributed by atoms with van der Waals surface area (Å²) in [6.07, 6.45) is 5.45. The quantitative estimate of drug-likeness (QED) is 0.915. The van der Waals surface area contributed by atoms with Crippen molar-refractivity contribution in [2.45, 2.75) is 57.8 Å². The molecule has 2 aliphatic rings. The molecule has 1 heterocycles. The highest BCUT2D eigenvalue weighted by Crippen LogP contribution is 2.38. The predicted molar refractivity (Wildman–Crippen MR) is 86.0 cm³/mol. The number of aromatic nitrogens is 1. The van der Waals surface area contributed by atoms with Crippen molar-refractivity contribution in [2.24, 2.45) is 5.73 Å². The fourth-order valence-electron chi connectivity index (χ4n) is 3.28. The van der Waals surface area contributed by atoms with E-state index in [1.807, 2.05) is 0 Å². The summed E-state index contributed by atoms with van der Waals surface area (Å²) in [5.41, 5.74) is 10.8. The first-order valence-corrected chi connectivity index (χ1v) is 8.10. The lowest BCUT2D eigenvalue weighted by atomic mass is 10.1. The van der Waals surface area contributed by atoms with Gasteiger partial charge in [0.05, 0.1) is 11.2 Å². The van der Waals surface area contributed by atoms with Crippen molar-refractivity contribution in [3.05, 3.63) is 41.1 Å². The van der Waals surface area contributed by atoms with Crippen LogP contribution in [0.1, 0.15) is 42.5 Å². The molecule has 4 rings (SSSR count). The summed E-state index contributed by atoms with van der Waals surface area (Å²) in [6, 6.07) is 10.2. The van der Waals surface area contributed by atoms with E-state index in [-0.39, 0.29) is 0 Å². The summed E-state index contributed by atoms with van der Waals surface area (Å²) in [4.78, 5) is 7.66. The van der Waals surface area contributed by atoms with Gasteiger partial charge in [0.25, 0.3) is 0 Å². The van der Waals surface area contributed by atoms with E-state index in [1.54, 1.807) is 0 Å². The SMILES string of the molecule is Cc1cccc2cc(CN)c(CN(C3CC3)C3CC3)nc12.